The third-order valence-electron chi connectivity index (χ3n) is 1.41. The highest BCUT2D eigenvalue weighted by molar-refractivity contribution is 5.66. The molecule has 1 aromatic carbocycles. The Hall–Kier alpha value is -1.55. The van der Waals surface area contributed by atoms with E-state index in [1.54, 1.807) is 6.92 Å². The lowest BCUT2D eigenvalue weighted by molar-refractivity contribution is -0.136. The van der Waals surface area contributed by atoms with E-state index in [1.165, 1.54) is 0 Å². The monoisotopic (exact) mass is 212 g/mol. The summed E-state index contributed by atoms with van der Waals surface area (Å²) in [4.78, 5) is 9.37. The number of aliphatic carboxylic acids is 1. The van der Waals surface area contributed by atoms with Gasteiger partial charge in [-0.25, -0.2) is 0 Å². The molecule has 15 heavy (non-hydrogen) atoms. The zero-order chi connectivity index (χ0) is 11.5. The molecular formula is C11H16O4. The topological polar surface area (TPSA) is 66.8 Å². The summed E-state index contributed by atoms with van der Waals surface area (Å²) in [6.45, 7) is 2.03. The van der Waals surface area contributed by atoms with Gasteiger partial charge >= 0.3 is 5.97 Å². The summed E-state index contributed by atoms with van der Waals surface area (Å²) in [6, 6.07) is 9.43. The summed E-state index contributed by atoms with van der Waals surface area (Å²) >= 11 is 0. The average Bonchev–Trinajstić information content (AvgIpc) is 2.28. The Bertz CT molecular complexity index is 259. The zero-order valence-electron chi connectivity index (χ0n) is 8.72. The van der Waals surface area contributed by atoms with E-state index in [1.807, 2.05) is 30.3 Å². The smallest absolute Gasteiger partial charge is 0.303 e. The van der Waals surface area contributed by atoms with Crippen molar-refractivity contribution in [1.29, 1.82) is 0 Å². The van der Waals surface area contributed by atoms with Crippen LogP contribution in [0.3, 0.4) is 0 Å². The Morgan fingerprint density at radius 3 is 2.27 bits per heavy atom. The molecule has 0 aliphatic heterocycles. The molecule has 4 heteroatoms. The van der Waals surface area contributed by atoms with Crippen molar-refractivity contribution >= 4 is 5.97 Å². The molecule has 0 aromatic heterocycles. The number of hydrogen-bond donors (Lipinski definition) is 2. The maximum Gasteiger partial charge on any atom is 0.303 e. The fourth-order valence-corrected chi connectivity index (χ4v) is 0.680. The van der Waals surface area contributed by atoms with Crippen molar-refractivity contribution in [3.8, 4) is 5.75 Å². The van der Waals surface area contributed by atoms with Crippen LogP contribution in [0.1, 0.15) is 13.3 Å². The van der Waals surface area contributed by atoms with E-state index < -0.39 is 5.97 Å². The average molecular weight is 212 g/mol. The van der Waals surface area contributed by atoms with Crippen LogP contribution in [-0.2, 0) is 4.79 Å². The van der Waals surface area contributed by atoms with Crippen LogP contribution in [0.2, 0.25) is 0 Å². The molecule has 0 spiro atoms. The molecule has 0 radical (unpaired) electrons. The first-order chi connectivity index (χ1) is 7.20. The summed E-state index contributed by atoms with van der Waals surface area (Å²) < 4.78 is 5.11. The summed E-state index contributed by atoms with van der Waals surface area (Å²) in [5, 5.41) is 16.1. The molecule has 0 aliphatic rings. The number of carbonyl (C=O) groups is 1. The van der Waals surface area contributed by atoms with Crippen molar-refractivity contribution in [2.45, 2.75) is 13.3 Å². The third-order valence-corrected chi connectivity index (χ3v) is 1.41. The number of benzene rings is 1. The SMILES string of the molecule is CCC(=O)O.OCCOc1ccccc1. The molecule has 4 nitrogen and oxygen atoms in total. The van der Waals surface area contributed by atoms with Crippen molar-refractivity contribution in [2.24, 2.45) is 0 Å². The van der Waals surface area contributed by atoms with Gasteiger partial charge in [0.1, 0.15) is 12.4 Å². The van der Waals surface area contributed by atoms with Gasteiger partial charge in [0.2, 0.25) is 0 Å². The molecule has 0 aliphatic carbocycles. The minimum atomic E-state index is -0.745. The van der Waals surface area contributed by atoms with Crippen molar-refractivity contribution in [1.82, 2.24) is 0 Å². The molecule has 0 heterocycles. The van der Waals surface area contributed by atoms with Crippen molar-refractivity contribution in [3.63, 3.8) is 0 Å². The predicted octanol–water partition coefficient (Wildman–Crippen LogP) is 1.54. The van der Waals surface area contributed by atoms with Gasteiger partial charge in [-0.05, 0) is 12.1 Å². The lowest BCUT2D eigenvalue weighted by Gasteiger charge is -2.01. The third kappa shape index (κ3) is 8.77. The Kier molecular flexibility index (Phi) is 8.09. The number of carboxylic acids is 1. The second-order valence-corrected chi connectivity index (χ2v) is 2.63. The zero-order valence-corrected chi connectivity index (χ0v) is 8.72. The van der Waals surface area contributed by atoms with Gasteiger partial charge in [0.15, 0.2) is 0 Å². The van der Waals surface area contributed by atoms with E-state index in [-0.39, 0.29) is 13.0 Å². The lowest BCUT2D eigenvalue weighted by atomic mass is 10.3. The highest BCUT2D eigenvalue weighted by Crippen LogP contribution is 2.06. The van der Waals surface area contributed by atoms with Gasteiger partial charge in [0.25, 0.3) is 0 Å². The van der Waals surface area contributed by atoms with Gasteiger partial charge in [0, 0.05) is 6.42 Å². The second kappa shape index (κ2) is 9.02. The lowest BCUT2D eigenvalue weighted by Crippen LogP contribution is -2.00. The predicted molar refractivity (Wildman–Crippen MR) is 56.9 cm³/mol. The molecule has 0 unspecified atom stereocenters. The summed E-state index contributed by atoms with van der Waals surface area (Å²) in [5.41, 5.74) is 0. The van der Waals surface area contributed by atoms with Crippen LogP contribution < -0.4 is 4.74 Å². The molecule has 0 bridgehead atoms. The molecule has 84 valence electrons. The number of para-hydroxylation sites is 1. The largest absolute Gasteiger partial charge is 0.491 e. The molecule has 0 saturated carbocycles. The van der Waals surface area contributed by atoms with Gasteiger partial charge in [0.05, 0.1) is 6.61 Å². The van der Waals surface area contributed by atoms with E-state index in [4.69, 9.17) is 14.9 Å². The minimum Gasteiger partial charge on any atom is -0.491 e. The van der Waals surface area contributed by atoms with Crippen molar-refractivity contribution in [2.75, 3.05) is 13.2 Å². The number of ether oxygens (including phenoxy) is 1. The molecule has 1 aromatic rings. The maximum absolute atomic E-state index is 9.37. The van der Waals surface area contributed by atoms with Gasteiger partial charge in [-0.1, -0.05) is 25.1 Å². The van der Waals surface area contributed by atoms with Crippen LogP contribution in [-0.4, -0.2) is 29.4 Å². The summed E-state index contributed by atoms with van der Waals surface area (Å²) in [5.74, 6) is 0.0570. The molecular weight excluding hydrogens is 196 g/mol. The number of rotatable bonds is 4. The Morgan fingerprint density at radius 2 is 1.87 bits per heavy atom. The fraction of sp³-hybridized carbons (Fsp3) is 0.364. The number of aliphatic hydroxyl groups is 1. The van der Waals surface area contributed by atoms with E-state index in [0.29, 0.717) is 6.61 Å². The quantitative estimate of drug-likeness (QED) is 0.794. The number of carboxylic acid groups (broad SMARTS) is 1. The van der Waals surface area contributed by atoms with Crippen LogP contribution in [0.5, 0.6) is 5.75 Å². The molecule has 2 N–H and O–H groups in total. The molecule has 0 saturated heterocycles. The van der Waals surface area contributed by atoms with E-state index >= 15 is 0 Å². The maximum atomic E-state index is 9.37. The van der Waals surface area contributed by atoms with Gasteiger partial charge in [-0.3, -0.25) is 4.79 Å². The van der Waals surface area contributed by atoms with Crippen molar-refractivity contribution < 1.29 is 19.7 Å². The Balaban J connectivity index is 0.000000336. The van der Waals surface area contributed by atoms with Gasteiger partial charge in [-0.2, -0.15) is 0 Å². The first-order valence-electron chi connectivity index (χ1n) is 4.71. The first-order valence-corrected chi connectivity index (χ1v) is 4.71. The van der Waals surface area contributed by atoms with Crippen LogP contribution >= 0.6 is 0 Å². The van der Waals surface area contributed by atoms with E-state index in [0.717, 1.165) is 5.75 Å². The first kappa shape index (κ1) is 13.4. The minimum absolute atomic E-state index is 0.0644. The van der Waals surface area contributed by atoms with Crippen LogP contribution in [0.4, 0.5) is 0 Å². The van der Waals surface area contributed by atoms with E-state index in [2.05, 4.69) is 0 Å². The van der Waals surface area contributed by atoms with Crippen LogP contribution in [0.25, 0.3) is 0 Å². The Labute approximate surface area is 89.1 Å². The van der Waals surface area contributed by atoms with Crippen molar-refractivity contribution in [3.05, 3.63) is 30.3 Å². The number of aliphatic hydroxyl groups excluding tert-OH is 1. The van der Waals surface area contributed by atoms with E-state index in [9.17, 15) is 4.79 Å². The fourth-order valence-electron chi connectivity index (χ4n) is 0.680. The molecule has 1 rings (SSSR count). The normalized spacial score (nSPS) is 8.67. The standard InChI is InChI=1S/C8H10O2.C3H6O2/c9-6-7-10-8-4-2-1-3-5-8;1-2-3(4)5/h1-5,9H,6-7H2;2H2,1H3,(H,4,5). The summed E-state index contributed by atoms with van der Waals surface area (Å²) in [7, 11) is 0. The Morgan fingerprint density at radius 1 is 1.33 bits per heavy atom. The second-order valence-electron chi connectivity index (χ2n) is 2.63. The highest BCUT2D eigenvalue weighted by atomic mass is 16.5. The summed E-state index contributed by atoms with van der Waals surface area (Å²) in [6.07, 6.45) is 0.222. The van der Waals surface area contributed by atoms with Gasteiger partial charge < -0.3 is 14.9 Å². The van der Waals surface area contributed by atoms with Gasteiger partial charge in [-0.15, -0.1) is 0 Å². The van der Waals surface area contributed by atoms with Crippen LogP contribution in [0, 0.1) is 0 Å². The highest BCUT2D eigenvalue weighted by Gasteiger charge is 1.87. The molecule has 0 fully saturated rings. The number of hydrogen-bond acceptors (Lipinski definition) is 3. The molecule has 0 atom stereocenters. The van der Waals surface area contributed by atoms with Crippen LogP contribution in [0.15, 0.2) is 30.3 Å². The molecule has 0 amide bonds.